The Morgan fingerprint density at radius 3 is 2.62 bits per heavy atom. The lowest BCUT2D eigenvalue weighted by atomic mass is 9.88. The van der Waals surface area contributed by atoms with Crippen LogP contribution in [-0.2, 0) is 4.79 Å². The van der Waals surface area contributed by atoms with E-state index in [2.05, 4.69) is 59.4 Å². The zero-order chi connectivity index (χ0) is 18.2. The molecule has 0 aromatic heterocycles. The molecule has 5 nitrogen and oxygen atoms in total. The summed E-state index contributed by atoms with van der Waals surface area (Å²) in [6.45, 7) is 7.19. The first-order chi connectivity index (χ1) is 12.0. The molecule has 2 rings (SSSR count). The number of amides is 1. The summed E-state index contributed by atoms with van der Waals surface area (Å²) in [5.74, 6) is 2.02. The third-order valence-corrected chi connectivity index (χ3v) is 5.03. The van der Waals surface area contributed by atoms with Gasteiger partial charge in [-0.05, 0) is 30.2 Å². The highest BCUT2D eigenvalue weighted by Crippen LogP contribution is 2.24. The van der Waals surface area contributed by atoms with Gasteiger partial charge in [-0.15, -0.1) is 24.0 Å². The minimum Gasteiger partial charge on any atom is -0.370 e. The minimum absolute atomic E-state index is 0. The number of piperidine rings is 1. The standard InChI is InChI=1S/C20H32N4O.HI/c1-15(2)18(17-9-5-4-6-10-17)13-23-20(22-3)24-11-7-8-16(14-24)12-19(21)25;/h4-6,9-10,15-16,18H,7-8,11-14H2,1-3H3,(H2,21,25)(H,22,23);1H. The maximum atomic E-state index is 11.2. The van der Waals surface area contributed by atoms with Crippen molar-refractivity contribution in [3.63, 3.8) is 0 Å². The van der Waals surface area contributed by atoms with Crippen molar-refractivity contribution in [3.8, 4) is 0 Å². The molecular weight excluding hydrogens is 439 g/mol. The van der Waals surface area contributed by atoms with Gasteiger partial charge in [-0.25, -0.2) is 0 Å². The molecule has 146 valence electrons. The van der Waals surface area contributed by atoms with Gasteiger partial charge in [-0.2, -0.15) is 0 Å². The molecule has 26 heavy (non-hydrogen) atoms. The van der Waals surface area contributed by atoms with Crippen LogP contribution in [0.1, 0.15) is 44.6 Å². The second-order valence-electron chi connectivity index (χ2n) is 7.31. The van der Waals surface area contributed by atoms with E-state index in [0.717, 1.165) is 38.4 Å². The summed E-state index contributed by atoms with van der Waals surface area (Å²) in [4.78, 5) is 17.9. The smallest absolute Gasteiger partial charge is 0.217 e. The van der Waals surface area contributed by atoms with E-state index < -0.39 is 0 Å². The zero-order valence-electron chi connectivity index (χ0n) is 16.1. The highest BCUT2D eigenvalue weighted by atomic mass is 127. The lowest BCUT2D eigenvalue weighted by molar-refractivity contribution is -0.119. The average molecular weight is 472 g/mol. The molecule has 0 bridgehead atoms. The second kappa shape index (κ2) is 11.4. The van der Waals surface area contributed by atoms with Gasteiger partial charge in [0.05, 0.1) is 0 Å². The second-order valence-corrected chi connectivity index (χ2v) is 7.31. The Hall–Kier alpha value is -1.31. The SMILES string of the molecule is CN=C(NCC(c1ccccc1)C(C)C)N1CCCC(CC(N)=O)C1.I. The molecule has 0 spiro atoms. The number of nitrogens with two attached hydrogens (primary N) is 1. The lowest BCUT2D eigenvalue weighted by Crippen LogP contribution is -2.48. The third kappa shape index (κ3) is 6.78. The Kier molecular flexibility index (Phi) is 9.98. The van der Waals surface area contributed by atoms with Crippen LogP contribution in [0, 0.1) is 11.8 Å². The summed E-state index contributed by atoms with van der Waals surface area (Å²) in [6, 6.07) is 10.6. The fraction of sp³-hybridized carbons (Fsp3) is 0.600. The van der Waals surface area contributed by atoms with E-state index >= 15 is 0 Å². The predicted molar refractivity (Wildman–Crippen MR) is 119 cm³/mol. The molecule has 2 unspecified atom stereocenters. The minimum atomic E-state index is -0.209. The Bertz CT molecular complexity index is 576. The van der Waals surface area contributed by atoms with Gasteiger partial charge in [0.25, 0.3) is 0 Å². The molecule has 0 saturated carbocycles. The average Bonchev–Trinajstić information content (AvgIpc) is 2.59. The molecule has 1 amide bonds. The number of primary amides is 1. The number of carbonyl (C=O) groups is 1. The van der Waals surface area contributed by atoms with Crippen molar-refractivity contribution in [1.82, 2.24) is 10.2 Å². The summed E-state index contributed by atoms with van der Waals surface area (Å²) < 4.78 is 0. The number of benzene rings is 1. The van der Waals surface area contributed by atoms with Crippen LogP contribution in [0.3, 0.4) is 0 Å². The summed E-state index contributed by atoms with van der Waals surface area (Å²) in [7, 11) is 1.83. The predicted octanol–water partition coefficient (Wildman–Crippen LogP) is 3.21. The van der Waals surface area contributed by atoms with Crippen molar-refractivity contribution in [3.05, 3.63) is 35.9 Å². The van der Waals surface area contributed by atoms with E-state index in [9.17, 15) is 4.79 Å². The first kappa shape index (κ1) is 22.7. The number of rotatable bonds is 6. The van der Waals surface area contributed by atoms with E-state index in [-0.39, 0.29) is 29.9 Å². The lowest BCUT2D eigenvalue weighted by Gasteiger charge is -2.35. The molecule has 3 N–H and O–H groups in total. The molecule has 1 aromatic carbocycles. The van der Waals surface area contributed by atoms with Gasteiger partial charge < -0.3 is 16.0 Å². The van der Waals surface area contributed by atoms with Crippen molar-refractivity contribution in [2.45, 2.75) is 39.0 Å². The molecule has 1 aromatic rings. The number of nitrogens with zero attached hydrogens (tertiary/aromatic N) is 2. The molecule has 1 aliphatic heterocycles. The van der Waals surface area contributed by atoms with Crippen molar-refractivity contribution in [1.29, 1.82) is 0 Å². The molecule has 1 saturated heterocycles. The number of aliphatic imine (C=N–C) groups is 1. The number of likely N-dealkylation sites (tertiary alicyclic amines) is 1. The van der Waals surface area contributed by atoms with Crippen molar-refractivity contribution < 1.29 is 4.79 Å². The largest absolute Gasteiger partial charge is 0.370 e. The fourth-order valence-electron chi connectivity index (χ4n) is 3.68. The van der Waals surface area contributed by atoms with Crippen LogP contribution in [0.25, 0.3) is 0 Å². The first-order valence-corrected chi connectivity index (χ1v) is 9.30. The van der Waals surface area contributed by atoms with Crippen LogP contribution in [-0.4, -0.2) is 43.4 Å². The highest BCUT2D eigenvalue weighted by molar-refractivity contribution is 14.0. The quantitative estimate of drug-likeness (QED) is 0.380. The normalized spacial score (nSPS) is 19.0. The Morgan fingerprint density at radius 2 is 2.04 bits per heavy atom. The number of guanidine groups is 1. The van der Waals surface area contributed by atoms with Gasteiger partial charge >= 0.3 is 0 Å². The van der Waals surface area contributed by atoms with Crippen molar-refractivity contribution in [2.75, 3.05) is 26.7 Å². The number of nitrogens with one attached hydrogen (secondary N) is 1. The van der Waals surface area contributed by atoms with E-state index in [1.165, 1.54) is 5.56 Å². The van der Waals surface area contributed by atoms with Crippen LogP contribution >= 0.6 is 24.0 Å². The summed E-state index contributed by atoms with van der Waals surface area (Å²) >= 11 is 0. The monoisotopic (exact) mass is 472 g/mol. The Balaban J connectivity index is 0.00000338. The van der Waals surface area contributed by atoms with Gasteiger partial charge in [0.2, 0.25) is 5.91 Å². The summed E-state index contributed by atoms with van der Waals surface area (Å²) in [5, 5.41) is 3.55. The topological polar surface area (TPSA) is 70.7 Å². The molecule has 0 radical (unpaired) electrons. The summed E-state index contributed by atoms with van der Waals surface area (Å²) in [5.41, 5.74) is 6.72. The third-order valence-electron chi connectivity index (χ3n) is 5.03. The van der Waals surface area contributed by atoms with E-state index in [1.54, 1.807) is 0 Å². The zero-order valence-corrected chi connectivity index (χ0v) is 18.5. The number of halogens is 1. The number of carbonyl (C=O) groups excluding carboxylic acids is 1. The van der Waals surface area contributed by atoms with Crippen molar-refractivity contribution >= 4 is 35.8 Å². The van der Waals surface area contributed by atoms with Gasteiger partial charge in [-0.3, -0.25) is 9.79 Å². The molecule has 0 aliphatic carbocycles. The maximum absolute atomic E-state index is 11.2. The Labute approximate surface area is 174 Å². The van der Waals surface area contributed by atoms with E-state index in [1.807, 2.05) is 7.05 Å². The molecule has 6 heteroatoms. The maximum Gasteiger partial charge on any atom is 0.217 e. The number of hydrogen-bond donors (Lipinski definition) is 2. The molecule has 1 heterocycles. The molecular formula is C20H33IN4O. The van der Waals surface area contributed by atoms with Crippen molar-refractivity contribution in [2.24, 2.45) is 22.6 Å². The van der Waals surface area contributed by atoms with Crippen LogP contribution in [0.4, 0.5) is 0 Å². The first-order valence-electron chi connectivity index (χ1n) is 9.30. The number of hydrogen-bond acceptors (Lipinski definition) is 2. The molecule has 2 atom stereocenters. The van der Waals surface area contributed by atoms with Gasteiger partial charge in [0.1, 0.15) is 0 Å². The van der Waals surface area contributed by atoms with E-state index in [4.69, 9.17) is 5.73 Å². The van der Waals surface area contributed by atoms with Crippen LogP contribution < -0.4 is 11.1 Å². The molecule has 1 aliphatic rings. The van der Waals surface area contributed by atoms with Gasteiger partial charge in [0, 0.05) is 39.0 Å². The fourth-order valence-corrected chi connectivity index (χ4v) is 3.68. The van der Waals surface area contributed by atoms with Crippen LogP contribution in [0.15, 0.2) is 35.3 Å². The Morgan fingerprint density at radius 1 is 1.35 bits per heavy atom. The van der Waals surface area contributed by atoms with Gasteiger partial charge in [-0.1, -0.05) is 44.2 Å². The van der Waals surface area contributed by atoms with Gasteiger partial charge in [0.15, 0.2) is 5.96 Å². The summed E-state index contributed by atoms with van der Waals surface area (Å²) in [6.07, 6.45) is 2.60. The van der Waals surface area contributed by atoms with E-state index in [0.29, 0.717) is 24.2 Å². The molecule has 1 fully saturated rings. The van der Waals surface area contributed by atoms with Crippen LogP contribution in [0.5, 0.6) is 0 Å². The van der Waals surface area contributed by atoms with Crippen LogP contribution in [0.2, 0.25) is 0 Å². The highest BCUT2D eigenvalue weighted by Gasteiger charge is 2.24.